The van der Waals surface area contributed by atoms with E-state index >= 15 is 0 Å². The molecule has 0 unspecified atom stereocenters. The van der Waals surface area contributed by atoms with Crippen molar-refractivity contribution in [1.82, 2.24) is 9.62 Å². The van der Waals surface area contributed by atoms with Gasteiger partial charge >= 0.3 is 0 Å². The molecule has 1 aromatic rings. The molecule has 0 aliphatic rings. The first kappa shape index (κ1) is 18.1. The van der Waals surface area contributed by atoms with E-state index in [0.29, 0.717) is 41.5 Å². The summed E-state index contributed by atoms with van der Waals surface area (Å²) >= 11 is 4.80. The Balaban J connectivity index is 2.95. The fraction of sp³-hybridized carbons (Fsp3) is 0.667. The van der Waals surface area contributed by atoms with Crippen molar-refractivity contribution in [2.24, 2.45) is 0 Å². The lowest BCUT2D eigenvalue weighted by atomic mass is 10.5. The molecular weight excluding hydrogens is 364 g/mol. The average molecular weight is 385 g/mol. The van der Waals surface area contributed by atoms with Gasteiger partial charge in [0.15, 0.2) is 0 Å². The van der Waals surface area contributed by atoms with Gasteiger partial charge in [0, 0.05) is 31.1 Å². The number of halogens is 1. The van der Waals surface area contributed by atoms with Gasteiger partial charge < -0.3 is 10.1 Å². The Morgan fingerprint density at radius 3 is 2.70 bits per heavy atom. The Morgan fingerprint density at radius 1 is 1.45 bits per heavy atom. The lowest BCUT2D eigenvalue weighted by Gasteiger charge is -2.19. The highest BCUT2D eigenvalue weighted by Gasteiger charge is 2.27. The highest BCUT2D eigenvalue weighted by atomic mass is 79.9. The summed E-state index contributed by atoms with van der Waals surface area (Å²) in [6.45, 7) is 6.18. The van der Waals surface area contributed by atoms with Gasteiger partial charge in [0.1, 0.15) is 4.90 Å². The molecule has 0 atom stereocenters. The van der Waals surface area contributed by atoms with Crippen LogP contribution in [0.1, 0.15) is 18.7 Å². The minimum atomic E-state index is -3.47. The summed E-state index contributed by atoms with van der Waals surface area (Å²) in [5.41, 5.74) is 0. The predicted octanol–water partition coefficient (Wildman–Crippen LogP) is 2.28. The Morgan fingerprint density at radius 2 is 2.15 bits per heavy atom. The average Bonchev–Trinajstić information content (AvgIpc) is 2.76. The summed E-state index contributed by atoms with van der Waals surface area (Å²) in [5, 5.41) is 3.02. The number of nitrogens with zero attached hydrogens (tertiary/aromatic N) is 1. The highest BCUT2D eigenvalue weighted by Crippen LogP contribution is 2.33. The van der Waals surface area contributed by atoms with E-state index < -0.39 is 10.0 Å². The SMILES string of the molecule is CCOCCN(CC)S(=O)(=O)c1cc(CNC)sc1Br. The number of rotatable bonds is 9. The molecule has 8 heteroatoms. The lowest BCUT2D eigenvalue weighted by molar-refractivity contribution is 0.135. The first-order valence-electron chi connectivity index (χ1n) is 6.48. The Kier molecular flexibility index (Phi) is 7.63. The van der Waals surface area contributed by atoms with Crippen LogP contribution in [0.25, 0.3) is 0 Å². The Bertz CT molecular complexity index is 517. The Labute approximate surface area is 133 Å². The van der Waals surface area contributed by atoms with Crippen LogP contribution < -0.4 is 5.32 Å². The number of nitrogens with one attached hydrogen (secondary N) is 1. The topological polar surface area (TPSA) is 58.6 Å². The molecule has 0 aromatic carbocycles. The van der Waals surface area contributed by atoms with Crippen LogP contribution in [0, 0.1) is 0 Å². The summed E-state index contributed by atoms with van der Waals surface area (Å²) < 4.78 is 32.6. The molecule has 0 saturated heterocycles. The van der Waals surface area contributed by atoms with Gasteiger partial charge in [-0.05, 0) is 36.0 Å². The maximum atomic E-state index is 12.6. The van der Waals surface area contributed by atoms with Crippen LogP contribution in [-0.2, 0) is 21.3 Å². The molecule has 0 aliphatic carbocycles. The van der Waals surface area contributed by atoms with Gasteiger partial charge in [-0.2, -0.15) is 4.31 Å². The molecule has 20 heavy (non-hydrogen) atoms. The molecule has 0 bridgehead atoms. The van der Waals surface area contributed by atoms with Gasteiger partial charge in [0.05, 0.1) is 10.4 Å². The maximum absolute atomic E-state index is 12.6. The zero-order chi connectivity index (χ0) is 15.2. The number of hydrogen-bond acceptors (Lipinski definition) is 5. The summed E-state index contributed by atoms with van der Waals surface area (Å²) in [4.78, 5) is 1.32. The second-order valence-corrected chi connectivity index (χ2v) is 8.44. The van der Waals surface area contributed by atoms with Crippen LogP contribution in [0.3, 0.4) is 0 Å². The van der Waals surface area contributed by atoms with E-state index in [1.54, 1.807) is 6.07 Å². The van der Waals surface area contributed by atoms with Gasteiger partial charge in [-0.15, -0.1) is 11.3 Å². The quantitative estimate of drug-likeness (QED) is 0.663. The van der Waals surface area contributed by atoms with Crippen molar-refractivity contribution in [2.45, 2.75) is 25.3 Å². The third-order valence-corrected chi connectivity index (χ3v) is 6.94. The molecular formula is C12H21BrN2O3S2. The zero-order valence-corrected chi connectivity index (χ0v) is 15.2. The van der Waals surface area contributed by atoms with Crippen LogP contribution in [-0.4, -0.2) is 46.1 Å². The minimum absolute atomic E-state index is 0.339. The first-order valence-corrected chi connectivity index (χ1v) is 9.53. The summed E-state index contributed by atoms with van der Waals surface area (Å²) in [6, 6.07) is 1.73. The fourth-order valence-corrected chi connectivity index (χ4v) is 5.81. The van der Waals surface area contributed by atoms with Gasteiger partial charge in [0.2, 0.25) is 10.0 Å². The molecule has 1 heterocycles. The van der Waals surface area contributed by atoms with Crippen molar-refractivity contribution in [2.75, 3.05) is 33.4 Å². The number of likely N-dealkylation sites (N-methyl/N-ethyl adjacent to an activating group) is 1. The van der Waals surface area contributed by atoms with Gasteiger partial charge in [0.25, 0.3) is 0 Å². The smallest absolute Gasteiger partial charge is 0.245 e. The van der Waals surface area contributed by atoms with E-state index in [0.717, 1.165) is 4.88 Å². The second kappa shape index (κ2) is 8.45. The molecule has 1 rings (SSSR count). The van der Waals surface area contributed by atoms with Gasteiger partial charge in [-0.1, -0.05) is 6.92 Å². The van der Waals surface area contributed by atoms with Gasteiger partial charge in [-0.25, -0.2) is 8.42 Å². The van der Waals surface area contributed by atoms with Crippen LogP contribution in [0.5, 0.6) is 0 Å². The molecule has 5 nitrogen and oxygen atoms in total. The van der Waals surface area contributed by atoms with Crippen LogP contribution in [0.15, 0.2) is 14.7 Å². The third-order valence-electron chi connectivity index (χ3n) is 2.72. The lowest BCUT2D eigenvalue weighted by Crippen LogP contribution is -2.33. The largest absolute Gasteiger partial charge is 0.380 e. The van der Waals surface area contributed by atoms with Crippen LogP contribution in [0.4, 0.5) is 0 Å². The monoisotopic (exact) mass is 384 g/mol. The molecule has 0 aliphatic heterocycles. The van der Waals surface area contributed by atoms with E-state index in [2.05, 4.69) is 21.2 Å². The van der Waals surface area contributed by atoms with Crippen molar-refractivity contribution >= 4 is 37.3 Å². The molecule has 116 valence electrons. The van der Waals surface area contributed by atoms with E-state index in [1.165, 1.54) is 15.6 Å². The van der Waals surface area contributed by atoms with E-state index in [9.17, 15) is 8.42 Å². The van der Waals surface area contributed by atoms with Crippen molar-refractivity contribution in [3.05, 3.63) is 14.7 Å². The van der Waals surface area contributed by atoms with Crippen molar-refractivity contribution < 1.29 is 13.2 Å². The predicted molar refractivity (Wildman–Crippen MR) is 85.7 cm³/mol. The summed E-state index contributed by atoms with van der Waals surface area (Å²) in [5.74, 6) is 0. The number of hydrogen-bond donors (Lipinski definition) is 1. The van der Waals surface area contributed by atoms with Crippen molar-refractivity contribution in [3.8, 4) is 0 Å². The van der Waals surface area contributed by atoms with Crippen LogP contribution in [0.2, 0.25) is 0 Å². The number of thiophene rings is 1. The van der Waals surface area contributed by atoms with E-state index in [-0.39, 0.29) is 0 Å². The molecule has 0 radical (unpaired) electrons. The Hall–Kier alpha value is 0.01000. The van der Waals surface area contributed by atoms with Crippen LogP contribution >= 0.6 is 27.3 Å². The molecule has 1 N–H and O–H groups in total. The highest BCUT2D eigenvalue weighted by molar-refractivity contribution is 9.11. The minimum Gasteiger partial charge on any atom is -0.380 e. The summed E-state index contributed by atoms with van der Waals surface area (Å²) in [7, 11) is -1.64. The van der Waals surface area contributed by atoms with Crippen molar-refractivity contribution in [1.29, 1.82) is 0 Å². The van der Waals surface area contributed by atoms with E-state index in [4.69, 9.17) is 4.74 Å². The first-order chi connectivity index (χ1) is 9.47. The third kappa shape index (κ3) is 4.51. The molecule has 0 amide bonds. The maximum Gasteiger partial charge on any atom is 0.245 e. The molecule has 0 fully saturated rings. The second-order valence-electron chi connectivity index (χ2n) is 4.07. The number of ether oxygens (including phenoxy) is 1. The van der Waals surface area contributed by atoms with E-state index in [1.807, 2.05) is 20.9 Å². The fourth-order valence-electron chi connectivity index (χ4n) is 1.73. The number of sulfonamides is 1. The standard InChI is InChI=1S/C12H21BrN2O3S2/c1-4-15(6-7-18-5-2)20(16,17)11-8-10(9-14-3)19-12(11)13/h8,14H,4-7,9H2,1-3H3. The van der Waals surface area contributed by atoms with Crippen molar-refractivity contribution in [3.63, 3.8) is 0 Å². The normalized spacial score (nSPS) is 12.2. The van der Waals surface area contributed by atoms with Gasteiger partial charge in [-0.3, -0.25) is 0 Å². The molecule has 0 saturated carbocycles. The molecule has 1 aromatic heterocycles. The summed E-state index contributed by atoms with van der Waals surface area (Å²) in [6.07, 6.45) is 0. The molecule has 0 spiro atoms. The zero-order valence-electron chi connectivity index (χ0n) is 12.0.